The predicted molar refractivity (Wildman–Crippen MR) is 139 cm³/mol. The lowest BCUT2D eigenvalue weighted by Crippen LogP contribution is -2.53. The van der Waals surface area contributed by atoms with Crippen LogP contribution in [0.3, 0.4) is 0 Å². The lowest BCUT2D eigenvalue weighted by atomic mass is 9.94. The van der Waals surface area contributed by atoms with E-state index in [1.807, 2.05) is 24.3 Å². The van der Waals surface area contributed by atoms with Crippen LogP contribution in [0.5, 0.6) is 5.75 Å². The molecule has 0 aromatic heterocycles. The van der Waals surface area contributed by atoms with Crippen molar-refractivity contribution in [2.24, 2.45) is 0 Å². The van der Waals surface area contributed by atoms with Crippen LogP contribution in [0, 0.1) is 0 Å². The number of hydrogen-bond acceptors (Lipinski definition) is 5. The highest BCUT2D eigenvalue weighted by molar-refractivity contribution is 6.35. The van der Waals surface area contributed by atoms with E-state index in [-0.39, 0.29) is 17.7 Å². The number of rotatable bonds is 6. The number of hydrogen-bond donors (Lipinski definition) is 0. The molecule has 2 aliphatic rings. The van der Waals surface area contributed by atoms with E-state index in [9.17, 15) is 14.4 Å². The highest BCUT2D eigenvalue weighted by Crippen LogP contribution is 2.30. The van der Waals surface area contributed by atoms with Crippen LogP contribution in [-0.2, 0) is 4.79 Å². The maximum Gasteiger partial charge on any atom is 0.263 e. The molecule has 1 atom stereocenters. The lowest BCUT2D eigenvalue weighted by molar-refractivity contribution is -0.139. The molecule has 0 bridgehead atoms. The van der Waals surface area contributed by atoms with E-state index in [1.54, 1.807) is 42.2 Å². The molecular weight excluding hydrogens is 501 g/mol. The summed E-state index contributed by atoms with van der Waals surface area (Å²) in [5.74, 6) is -0.227. The molecule has 3 aromatic carbocycles. The molecule has 0 spiro atoms. The van der Waals surface area contributed by atoms with Gasteiger partial charge < -0.3 is 9.64 Å². The zero-order chi connectivity index (χ0) is 25.4. The van der Waals surface area contributed by atoms with E-state index >= 15 is 0 Å². The number of piperazine rings is 1. The van der Waals surface area contributed by atoms with Gasteiger partial charge in [0.15, 0.2) is 6.10 Å². The standard InChI is InChI=1S/C27H25Cl2N3O4/c1-17(36-23-9-8-19(28)16-22(23)29)25(33)31-13-10-30(11-14-31)12-15-32-26(34)20-6-2-4-18-5-3-7-21(24(18)20)27(32)35/h2-9,16-17H,10-15H2,1H3. The zero-order valence-corrected chi connectivity index (χ0v) is 21.3. The number of carbonyl (C=O) groups excluding carboxylic acids is 3. The van der Waals surface area contributed by atoms with Crippen LogP contribution in [0.25, 0.3) is 10.8 Å². The van der Waals surface area contributed by atoms with Gasteiger partial charge in [-0.1, -0.05) is 47.5 Å². The number of amides is 3. The van der Waals surface area contributed by atoms with Gasteiger partial charge in [0.05, 0.1) is 5.02 Å². The van der Waals surface area contributed by atoms with Crippen LogP contribution in [0.1, 0.15) is 27.6 Å². The smallest absolute Gasteiger partial charge is 0.263 e. The number of carbonyl (C=O) groups is 3. The Labute approximate surface area is 219 Å². The van der Waals surface area contributed by atoms with Crippen LogP contribution in [0.4, 0.5) is 0 Å². The first kappa shape index (κ1) is 24.6. The summed E-state index contributed by atoms with van der Waals surface area (Å²) >= 11 is 12.1. The highest BCUT2D eigenvalue weighted by Gasteiger charge is 2.33. The van der Waals surface area contributed by atoms with Crippen LogP contribution >= 0.6 is 23.2 Å². The predicted octanol–water partition coefficient (Wildman–Crippen LogP) is 4.35. The molecular formula is C27H25Cl2N3O4. The molecule has 1 saturated heterocycles. The van der Waals surface area contributed by atoms with Crippen molar-refractivity contribution in [1.29, 1.82) is 0 Å². The van der Waals surface area contributed by atoms with Crippen molar-refractivity contribution in [2.45, 2.75) is 13.0 Å². The van der Waals surface area contributed by atoms with E-state index in [4.69, 9.17) is 27.9 Å². The third kappa shape index (κ3) is 4.66. The zero-order valence-electron chi connectivity index (χ0n) is 19.7. The summed E-state index contributed by atoms with van der Waals surface area (Å²) in [4.78, 5) is 44.4. The number of nitrogens with zero attached hydrogens (tertiary/aromatic N) is 3. The van der Waals surface area contributed by atoms with Gasteiger partial charge in [-0.15, -0.1) is 0 Å². The Hall–Kier alpha value is -3.13. The van der Waals surface area contributed by atoms with Gasteiger partial charge in [0.1, 0.15) is 5.75 Å². The molecule has 3 amide bonds. The van der Waals surface area contributed by atoms with Gasteiger partial charge in [0, 0.05) is 60.8 Å². The second-order valence-electron chi connectivity index (χ2n) is 8.97. The molecule has 1 fully saturated rings. The molecule has 3 aromatic rings. The SMILES string of the molecule is CC(Oc1ccc(Cl)cc1Cl)C(=O)N1CCN(CCN2C(=O)c3cccc4cccc(c34)C2=O)CC1. The van der Waals surface area contributed by atoms with E-state index in [0.717, 1.165) is 10.8 Å². The lowest BCUT2D eigenvalue weighted by Gasteiger charge is -2.37. The van der Waals surface area contributed by atoms with Crippen molar-refractivity contribution in [3.63, 3.8) is 0 Å². The minimum atomic E-state index is -0.693. The average molecular weight is 526 g/mol. The van der Waals surface area contributed by atoms with Crippen LogP contribution in [0.15, 0.2) is 54.6 Å². The second kappa shape index (κ2) is 10.1. The Balaban J connectivity index is 1.16. The normalized spacial score (nSPS) is 17.0. The summed E-state index contributed by atoms with van der Waals surface area (Å²) in [7, 11) is 0. The third-order valence-electron chi connectivity index (χ3n) is 6.73. The molecule has 5 rings (SSSR count). The summed E-state index contributed by atoms with van der Waals surface area (Å²) < 4.78 is 5.77. The minimum absolute atomic E-state index is 0.119. The van der Waals surface area contributed by atoms with Gasteiger partial charge in [0.2, 0.25) is 0 Å². The van der Waals surface area contributed by atoms with Crippen molar-refractivity contribution in [2.75, 3.05) is 39.3 Å². The molecule has 2 heterocycles. The molecule has 0 saturated carbocycles. The van der Waals surface area contributed by atoms with Crippen LogP contribution < -0.4 is 4.74 Å². The molecule has 0 aliphatic carbocycles. The van der Waals surface area contributed by atoms with Crippen molar-refractivity contribution >= 4 is 51.7 Å². The van der Waals surface area contributed by atoms with Crippen LogP contribution in [0.2, 0.25) is 10.0 Å². The van der Waals surface area contributed by atoms with E-state index in [0.29, 0.717) is 66.2 Å². The minimum Gasteiger partial charge on any atom is -0.479 e. The van der Waals surface area contributed by atoms with Gasteiger partial charge >= 0.3 is 0 Å². The number of halogens is 2. The van der Waals surface area contributed by atoms with Gasteiger partial charge in [-0.2, -0.15) is 0 Å². The molecule has 0 N–H and O–H groups in total. The van der Waals surface area contributed by atoms with E-state index < -0.39 is 6.10 Å². The average Bonchev–Trinajstić information content (AvgIpc) is 2.88. The summed E-state index contributed by atoms with van der Waals surface area (Å²) in [5.41, 5.74) is 1.13. The van der Waals surface area contributed by atoms with Crippen molar-refractivity contribution in [1.82, 2.24) is 14.7 Å². The van der Waals surface area contributed by atoms with Gasteiger partial charge in [-0.3, -0.25) is 24.2 Å². The molecule has 2 aliphatic heterocycles. The molecule has 0 radical (unpaired) electrons. The first-order valence-corrected chi connectivity index (χ1v) is 12.6. The fraction of sp³-hybridized carbons (Fsp3) is 0.296. The molecule has 9 heteroatoms. The van der Waals surface area contributed by atoms with E-state index in [2.05, 4.69) is 4.90 Å². The van der Waals surface area contributed by atoms with Gasteiger partial charge in [0.25, 0.3) is 17.7 Å². The van der Waals surface area contributed by atoms with Crippen LogP contribution in [-0.4, -0.2) is 77.8 Å². The maximum absolute atomic E-state index is 13.1. The number of ether oxygens (including phenoxy) is 1. The molecule has 36 heavy (non-hydrogen) atoms. The maximum atomic E-state index is 13.1. The van der Waals surface area contributed by atoms with Gasteiger partial charge in [-0.25, -0.2) is 0 Å². The van der Waals surface area contributed by atoms with Crippen molar-refractivity contribution in [3.8, 4) is 5.75 Å². The molecule has 7 nitrogen and oxygen atoms in total. The Morgan fingerprint density at radius 1 is 0.917 bits per heavy atom. The first-order chi connectivity index (χ1) is 17.3. The Morgan fingerprint density at radius 3 is 2.17 bits per heavy atom. The van der Waals surface area contributed by atoms with E-state index in [1.165, 1.54) is 4.90 Å². The third-order valence-corrected chi connectivity index (χ3v) is 7.26. The van der Waals surface area contributed by atoms with Crippen molar-refractivity contribution in [3.05, 3.63) is 75.8 Å². The highest BCUT2D eigenvalue weighted by atomic mass is 35.5. The fourth-order valence-corrected chi connectivity index (χ4v) is 5.24. The quantitative estimate of drug-likeness (QED) is 0.447. The Bertz CT molecular complexity index is 1300. The summed E-state index contributed by atoms with van der Waals surface area (Å²) in [6, 6.07) is 15.9. The fourth-order valence-electron chi connectivity index (χ4n) is 4.79. The van der Waals surface area contributed by atoms with Crippen molar-refractivity contribution < 1.29 is 19.1 Å². The largest absolute Gasteiger partial charge is 0.479 e. The Kier molecular flexibility index (Phi) is 6.88. The molecule has 1 unspecified atom stereocenters. The second-order valence-corrected chi connectivity index (χ2v) is 9.82. The number of benzene rings is 3. The number of imide groups is 1. The summed E-state index contributed by atoms with van der Waals surface area (Å²) in [6.45, 7) is 4.89. The molecule has 186 valence electrons. The Morgan fingerprint density at radius 2 is 1.56 bits per heavy atom. The van der Waals surface area contributed by atoms with Gasteiger partial charge in [-0.05, 0) is 42.6 Å². The first-order valence-electron chi connectivity index (χ1n) is 11.8. The monoisotopic (exact) mass is 525 g/mol. The topological polar surface area (TPSA) is 70.2 Å². The summed E-state index contributed by atoms with van der Waals surface area (Å²) in [6.07, 6.45) is -0.693. The summed E-state index contributed by atoms with van der Waals surface area (Å²) in [5, 5.41) is 2.47.